The van der Waals surface area contributed by atoms with Crippen LogP contribution < -0.4 is 5.32 Å². The van der Waals surface area contributed by atoms with Crippen molar-refractivity contribution in [2.75, 3.05) is 11.9 Å². The van der Waals surface area contributed by atoms with E-state index in [4.69, 9.17) is 4.74 Å². The van der Waals surface area contributed by atoms with Crippen molar-refractivity contribution >= 4 is 50.5 Å². The molecule has 0 aliphatic heterocycles. The fourth-order valence-corrected chi connectivity index (χ4v) is 3.33. The van der Waals surface area contributed by atoms with Crippen molar-refractivity contribution in [3.05, 3.63) is 70.3 Å². The maximum absolute atomic E-state index is 12.6. The van der Waals surface area contributed by atoms with Crippen LogP contribution in [-0.2, 0) is 20.9 Å². The Morgan fingerprint density at radius 3 is 2.76 bits per heavy atom. The molecule has 0 saturated heterocycles. The third kappa shape index (κ3) is 4.92. The molecule has 0 bridgehead atoms. The molecule has 3 rings (SSSR count). The van der Waals surface area contributed by atoms with Crippen molar-refractivity contribution in [2.24, 2.45) is 0 Å². The monoisotopic (exact) mass is 451 g/mol. The Kier molecular flexibility index (Phi) is 6.47. The number of hydrogen-bond acceptors (Lipinski definition) is 4. The summed E-state index contributed by atoms with van der Waals surface area (Å²) in [6, 6.07) is 16.6. The van der Waals surface area contributed by atoms with Crippen LogP contribution in [0.15, 0.2) is 64.8 Å². The molecule has 0 aliphatic rings. The Morgan fingerprint density at radius 2 is 2.03 bits per heavy atom. The molecule has 0 radical (unpaired) electrons. The summed E-state index contributed by atoms with van der Waals surface area (Å²) in [5.74, 6) is -0.857. The van der Waals surface area contributed by atoms with E-state index in [0.29, 0.717) is 17.9 Å². The summed E-state index contributed by atoms with van der Waals surface area (Å²) >= 11 is 3.35. The maximum atomic E-state index is 12.6. The van der Waals surface area contributed by atoms with Crippen molar-refractivity contribution < 1.29 is 14.3 Å². The number of rotatable bonds is 6. The molecule has 0 unspecified atom stereocenters. The van der Waals surface area contributed by atoms with E-state index in [9.17, 15) is 14.9 Å². The maximum Gasteiger partial charge on any atom is 0.325 e. The molecule has 1 heterocycles. The van der Waals surface area contributed by atoms with E-state index >= 15 is 0 Å². The van der Waals surface area contributed by atoms with E-state index in [0.717, 1.165) is 15.4 Å². The fraction of sp³-hybridized carbons (Fsp3) is 0.136. The minimum Gasteiger partial charge on any atom is -0.465 e. The third-order valence-corrected chi connectivity index (χ3v) is 4.66. The summed E-state index contributed by atoms with van der Waals surface area (Å²) in [6.07, 6.45) is 3.27. The minimum absolute atomic E-state index is 0.0380. The van der Waals surface area contributed by atoms with Crippen LogP contribution >= 0.6 is 15.9 Å². The number of anilines is 1. The Labute approximate surface area is 176 Å². The quantitative estimate of drug-likeness (QED) is 0.339. The van der Waals surface area contributed by atoms with E-state index in [1.165, 1.54) is 6.08 Å². The number of aromatic nitrogens is 1. The number of halogens is 1. The molecule has 0 atom stereocenters. The number of benzene rings is 2. The molecule has 0 aliphatic carbocycles. The highest BCUT2D eigenvalue weighted by molar-refractivity contribution is 9.10. The lowest BCUT2D eigenvalue weighted by Gasteiger charge is -2.04. The lowest BCUT2D eigenvalue weighted by Crippen LogP contribution is -2.13. The van der Waals surface area contributed by atoms with E-state index in [1.807, 2.05) is 36.4 Å². The highest BCUT2D eigenvalue weighted by atomic mass is 79.9. The average molecular weight is 452 g/mol. The zero-order valence-electron chi connectivity index (χ0n) is 15.7. The number of hydrogen-bond donors (Lipinski definition) is 1. The van der Waals surface area contributed by atoms with Crippen LogP contribution in [0.2, 0.25) is 0 Å². The van der Waals surface area contributed by atoms with Crippen molar-refractivity contribution in [3.63, 3.8) is 0 Å². The number of fused-ring (bicyclic) bond motifs is 1. The smallest absolute Gasteiger partial charge is 0.325 e. The topological polar surface area (TPSA) is 84.1 Å². The zero-order valence-corrected chi connectivity index (χ0v) is 17.3. The summed E-state index contributed by atoms with van der Waals surface area (Å²) in [6.45, 7) is 2.11. The summed E-state index contributed by atoms with van der Waals surface area (Å²) in [4.78, 5) is 24.5. The number of carbonyl (C=O) groups excluding carboxylic acids is 2. The lowest BCUT2D eigenvalue weighted by atomic mass is 10.1. The van der Waals surface area contributed by atoms with E-state index in [2.05, 4.69) is 21.2 Å². The predicted octanol–water partition coefficient (Wildman–Crippen LogP) is 4.51. The number of esters is 1. The number of nitrogens with one attached hydrogen (secondary N) is 1. The van der Waals surface area contributed by atoms with Crippen LogP contribution in [0.3, 0.4) is 0 Å². The van der Waals surface area contributed by atoms with Crippen LogP contribution in [0, 0.1) is 11.3 Å². The third-order valence-electron chi connectivity index (χ3n) is 4.17. The van der Waals surface area contributed by atoms with Crippen molar-refractivity contribution in [1.82, 2.24) is 4.57 Å². The van der Waals surface area contributed by atoms with Gasteiger partial charge in [0.2, 0.25) is 0 Å². The van der Waals surface area contributed by atoms with Crippen molar-refractivity contribution in [3.8, 4) is 6.07 Å². The molecule has 0 fully saturated rings. The van der Waals surface area contributed by atoms with Gasteiger partial charge in [-0.3, -0.25) is 9.59 Å². The van der Waals surface area contributed by atoms with Gasteiger partial charge in [0.25, 0.3) is 5.91 Å². The molecule has 0 spiro atoms. The van der Waals surface area contributed by atoms with E-state index in [1.54, 1.807) is 35.9 Å². The van der Waals surface area contributed by atoms with Gasteiger partial charge in [-0.15, -0.1) is 0 Å². The molecule has 29 heavy (non-hydrogen) atoms. The molecular weight excluding hydrogens is 434 g/mol. The largest absolute Gasteiger partial charge is 0.465 e. The van der Waals surface area contributed by atoms with Gasteiger partial charge in [-0.2, -0.15) is 5.26 Å². The van der Waals surface area contributed by atoms with Crippen LogP contribution in [0.25, 0.3) is 17.0 Å². The first-order valence-electron chi connectivity index (χ1n) is 8.94. The van der Waals surface area contributed by atoms with E-state index < -0.39 is 5.91 Å². The van der Waals surface area contributed by atoms with E-state index in [-0.39, 0.29) is 18.1 Å². The Balaban J connectivity index is 1.93. The molecule has 1 amide bonds. The molecular formula is C22H18BrN3O3. The first-order chi connectivity index (χ1) is 14.0. The van der Waals surface area contributed by atoms with Gasteiger partial charge in [-0.1, -0.05) is 40.2 Å². The van der Waals surface area contributed by atoms with Crippen LogP contribution in [-0.4, -0.2) is 23.1 Å². The number of carbonyl (C=O) groups is 2. The van der Waals surface area contributed by atoms with Gasteiger partial charge in [-0.05, 0) is 37.3 Å². The van der Waals surface area contributed by atoms with Crippen LogP contribution in [0.1, 0.15) is 12.5 Å². The highest BCUT2D eigenvalue weighted by Gasteiger charge is 2.14. The van der Waals surface area contributed by atoms with Gasteiger partial charge in [0.1, 0.15) is 18.2 Å². The fourth-order valence-electron chi connectivity index (χ4n) is 2.94. The van der Waals surface area contributed by atoms with Crippen LogP contribution in [0.4, 0.5) is 5.69 Å². The Morgan fingerprint density at radius 1 is 1.24 bits per heavy atom. The predicted molar refractivity (Wildman–Crippen MR) is 115 cm³/mol. The summed E-state index contributed by atoms with van der Waals surface area (Å²) in [7, 11) is 0. The molecule has 1 aromatic heterocycles. The number of amides is 1. The highest BCUT2D eigenvalue weighted by Crippen LogP contribution is 2.24. The molecule has 146 valence electrons. The summed E-state index contributed by atoms with van der Waals surface area (Å²) < 4.78 is 7.59. The SMILES string of the molecule is CCOC(=O)Cn1cc(/C=C(\C#N)C(=O)Nc2cccc(Br)c2)c2ccccc21. The second-order valence-corrected chi connectivity index (χ2v) is 7.08. The number of ether oxygens (including phenoxy) is 1. The van der Waals surface area contributed by atoms with Gasteiger partial charge in [0.05, 0.1) is 6.61 Å². The number of nitriles is 1. The van der Waals surface area contributed by atoms with Crippen LogP contribution in [0.5, 0.6) is 0 Å². The first-order valence-corrected chi connectivity index (χ1v) is 9.73. The minimum atomic E-state index is -0.507. The second-order valence-electron chi connectivity index (χ2n) is 6.17. The Hall–Kier alpha value is -3.37. The first kappa shape index (κ1) is 20.4. The average Bonchev–Trinajstić information content (AvgIpc) is 3.03. The lowest BCUT2D eigenvalue weighted by molar-refractivity contribution is -0.143. The number of nitrogens with zero attached hydrogens (tertiary/aromatic N) is 2. The summed E-state index contributed by atoms with van der Waals surface area (Å²) in [5, 5.41) is 13.1. The van der Waals surface area contributed by atoms with Crippen molar-refractivity contribution in [1.29, 1.82) is 5.26 Å². The number of para-hydroxylation sites is 1. The van der Waals surface area contributed by atoms with Gasteiger partial charge >= 0.3 is 5.97 Å². The molecule has 6 nitrogen and oxygen atoms in total. The molecule has 3 aromatic rings. The standard InChI is InChI=1S/C22H18BrN3O3/c1-2-29-21(27)14-26-13-16(19-8-3-4-9-20(19)26)10-15(12-24)22(28)25-18-7-5-6-17(23)11-18/h3-11,13H,2,14H2,1H3,(H,25,28)/b15-10+. The molecule has 2 aromatic carbocycles. The molecule has 7 heteroatoms. The zero-order chi connectivity index (χ0) is 20.8. The Bertz CT molecular complexity index is 1140. The van der Waals surface area contributed by atoms with Gasteiger partial charge < -0.3 is 14.6 Å². The van der Waals surface area contributed by atoms with Gasteiger partial charge in [0, 0.05) is 32.8 Å². The summed E-state index contributed by atoms with van der Waals surface area (Å²) in [5.41, 5.74) is 2.03. The van der Waals surface area contributed by atoms with Gasteiger partial charge in [-0.25, -0.2) is 0 Å². The second kappa shape index (κ2) is 9.22. The van der Waals surface area contributed by atoms with Crippen molar-refractivity contribution in [2.45, 2.75) is 13.5 Å². The normalized spacial score (nSPS) is 11.1. The molecule has 1 N–H and O–H groups in total. The van der Waals surface area contributed by atoms with Gasteiger partial charge in [0.15, 0.2) is 0 Å². The molecule has 0 saturated carbocycles.